The fraction of sp³-hybridized carbons (Fsp3) is 0.667. The lowest BCUT2D eigenvalue weighted by Gasteiger charge is -2.32. The van der Waals surface area contributed by atoms with Crippen molar-refractivity contribution in [3.8, 4) is 0 Å². The number of hydrogen-bond acceptors (Lipinski definition) is 4. The van der Waals surface area contributed by atoms with E-state index in [1.807, 2.05) is 10.3 Å². The van der Waals surface area contributed by atoms with Gasteiger partial charge in [-0.3, -0.25) is 4.79 Å². The van der Waals surface area contributed by atoms with E-state index < -0.39 is 0 Å². The first-order chi connectivity index (χ1) is 8.31. The molecule has 1 unspecified atom stereocenters. The smallest absolute Gasteiger partial charge is 0.240 e. The third-order valence-electron chi connectivity index (χ3n) is 2.98. The van der Waals surface area contributed by atoms with E-state index in [2.05, 4.69) is 17.2 Å². The molecule has 1 aliphatic rings. The Morgan fingerprint density at radius 2 is 2.53 bits per heavy atom. The SMILES string of the molecule is CCCNC1CCCN(Cc2nccs2)C1=O. The molecule has 5 heteroatoms. The summed E-state index contributed by atoms with van der Waals surface area (Å²) >= 11 is 1.61. The van der Waals surface area contributed by atoms with Crippen molar-refractivity contribution < 1.29 is 4.79 Å². The van der Waals surface area contributed by atoms with Crippen molar-refractivity contribution in [3.05, 3.63) is 16.6 Å². The number of thiazole rings is 1. The third-order valence-corrected chi connectivity index (χ3v) is 3.75. The van der Waals surface area contributed by atoms with Gasteiger partial charge in [0.15, 0.2) is 0 Å². The molecule has 17 heavy (non-hydrogen) atoms. The van der Waals surface area contributed by atoms with Crippen molar-refractivity contribution in [1.29, 1.82) is 0 Å². The van der Waals surface area contributed by atoms with E-state index >= 15 is 0 Å². The van der Waals surface area contributed by atoms with Gasteiger partial charge >= 0.3 is 0 Å². The van der Waals surface area contributed by atoms with E-state index in [4.69, 9.17) is 0 Å². The molecule has 0 bridgehead atoms. The van der Waals surface area contributed by atoms with E-state index in [1.165, 1.54) is 0 Å². The summed E-state index contributed by atoms with van der Waals surface area (Å²) < 4.78 is 0. The number of rotatable bonds is 5. The summed E-state index contributed by atoms with van der Waals surface area (Å²) in [6, 6.07) is 0.0173. The zero-order valence-corrected chi connectivity index (χ0v) is 11.0. The molecule has 1 N–H and O–H groups in total. The molecule has 1 aromatic heterocycles. The van der Waals surface area contributed by atoms with Gasteiger partial charge in [0.1, 0.15) is 5.01 Å². The Hall–Kier alpha value is -0.940. The number of aromatic nitrogens is 1. The number of nitrogens with one attached hydrogen (secondary N) is 1. The van der Waals surface area contributed by atoms with Gasteiger partial charge in [0.2, 0.25) is 5.91 Å². The predicted octanol–water partition coefficient (Wildman–Crippen LogP) is 1.63. The number of carbonyl (C=O) groups excluding carboxylic acids is 1. The van der Waals surface area contributed by atoms with Crippen molar-refractivity contribution in [3.63, 3.8) is 0 Å². The molecule has 2 rings (SSSR count). The second-order valence-corrected chi connectivity index (χ2v) is 5.31. The first-order valence-electron chi connectivity index (χ1n) is 6.21. The van der Waals surface area contributed by atoms with Crippen molar-refractivity contribution in [1.82, 2.24) is 15.2 Å². The van der Waals surface area contributed by atoms with E-state index in [9.17, 15) is 4.79 Å². The van der Waals surface area contributed by atoms with Crippen LogP contribution >= 0.6 is 11.3 Å². The molecular weight excluding hydrogens is 234 g/mol. The molecule has 94 valence electrons. The van der Waals surface area contributed by atoms with Crippen LogP contribution in [0.5, 0.6) is 0 Å². The van der Waals surface area contributed by atoms with Gasteiger partial charge in [-0.1, -0.05) is 6.92 Å². The number of nitrogens with zero attached hydrogens (tertiary/aromatic N) is 2. The summed E-state index contributed by atoms with van der Waals surface area (Å²) in [5.41, 5.74) is 0. The van der Waals surface area contributed by atoms with Crippen molar-refractivity contribution in [2.45, 2.75) is 38.8 Å². The minimum Gasteiger partial charge on any atom is -0.335 e. The molecule has 0 spiro atoms. The summed E-state index contributed by atoms with van der Waals surface area (Å²) in [5.74, 6) is 0.236. The highest BCUT2D eigenvalue weighted by atomic mass is 32.1. The van der Waals surface area contributed by atoms with Crippen LogP contribution in [-0.2, 0) is 11.3 Å². The molecule has 1 aliphatic heterocycles. The van der Waals surface area contributed by atoms with Crippen molar-refractivity contribution in [2.75, 3.05) is 13.1 Å². The maximum atomic E-state index is 12.2. The van der Waals surface area contributed by atoms with Gasteiger partial charge in [-0.2, -0.15) is 0 Å². The standard InChI is InChI=1S/C12H19N3OS/c1-2-5-13-10-4-3-7-15(12(10)16)9-11-14-6-8-17-11/h6,8,10,13H,2-5,7,9H2,1H3. The van der Waals surface area contributed by atoms with E-state index in [-0.39, 0.29) is 11.9 Å². The monoisotopic (exact) mass is 253 g/mol. The highest BCUT2D eigenvalue weighted by Crippen LogP contribution is 2.16. The minimum atomic E-state index is 0.0173. The Bertz CT molecular complexity index is 353. The number of hydrogen-bond donors (Lipinski definition) is 1. The van der Waals surface area contributed by atoms with E-state index in [1.54, 1.807) is 17.5 Å². The lowest BCUT2D eigenvalue weighted by atomic mass is 10.0. The Labute approximate surface area is 106 Å². The number of carbonyl (C=O) groups is 1. The zero-order chi connectivity index (χ0) is 12.1. The Morgan fingerprint density at radius 3 is 3.24 bits per heavy atom. The van der Waals surface area contributed by atoms with Crippen LogP contribution in [0.1, 0.15) is 31.2 Å². The summed E-state index contributed by atoms with van der Waals surface area (Å²) in [7, 11) is 0. The van der Waals surface area contributed by atoms with Gasteiger partial charge in [-0.15, -0.1) is 11.3 Å². The van der Waals surface area contributed by atoms with Gasteiger partial charge in [-0.25, -0.2) is 4.98 Å². The Kier molecular flexibility index (Phi) is 4.50. The lowest BCUT2D eigenvalue weighted by Crippen LogP contribution is -2.50. The summed E-state index contributed by atoms with van der Waals surface area (Å²) in [4.78, 5) is 18.4. The van der Waals surface area contributed by atoms with E-state index in [0.717, 1.165) is 37.4 Å². The first kappa shape index (κ1) is 12.5. The van der Waals surface area contributed by atoms with Crippen LogP contribution < -0.4 is 5.32 Å². The van der Waals surface area contributed by atoms with Crippen LogP contribution in [0.25, 0.3) is 0 Å². The largest absolute Gasteiger partial charge is 0.335 e. The van der Waals surface area contributed by atoms with Gasteiger partial charge in [0.25, 0.3) is 0 Å². The van der Waals surface area contributed by atoms with Gasteiger partial charge < -0.3 is 10.2 Å². The highest BCUT2D eigenvalue weighted by molar-refractivity contribution is 7.09. The van der Waals surface area contributed by atoms with Crippen LogP contribution in [-0.4, -0.2) is 34.9 Å². The normalized spacial score (nSPS) is 20.9. The van der Waals surface area contributed by atoms with Gasteiger partial charge in [-0.05, 0) is 25.8 Å². The summed E-state index contributed by atoms with van der Waals surface area (Å²) in [6.07, 6.45) is 4.91. The number of piperidine rings is 1. The van der Waals surface area contributed by atoms with Gasteiger partial charge in [0, 0.05) is 18.1 Å². The highest BCUT2D eigenvalue weighted by Gasteiger charge is 2.28. The molecule has 0 aromatic carbocycles. The second kappa shape index (κ2) is 6.12. The average Bonchev–Trinajstić information content (AvgIpc) is 2.83. The maximum absolute atomic E-state index is 12.2. The lowest BCUT2D eigenvalue weighted by molar-refractivity contribution is -0.136. The average molecular weight is 253 g/mol. The predicted molar refractivity (Wildman–Crippen MR) is 68.8 cm³/mol. The minimum absolute atomic E-state index is 0.0173. The molecule has 1 saturated heterocycles. The first-order valence-corrected chi connectivity index (χ1v) is 7.09. The fourth-order valence-corrected chi connectivity index (χ4v) is 2.73. The Morgan fingerprint density at radius 1 is 1.65 bits per heavy atom. The summed E-state index contributed by atoms with van der Waals surface area (Å²) in [6.45, 7) is 4.57. The Balaban J connectivity index is 1.91. The quantitative estimate of drug-likeness (QED) is 0.867. The fourth-order valence-electron chi connectivity index (χ4n) is 2.10. The molecule has 1 aromatic rings. The van der Waals surface area contributed by atoms with Crippen molar-refractivity contribution in [2.24, 2.45) is 0 Å². The molecule has 4 nitrogen and oxygen atoms in total. The molecule has 1 amide bonds. The molecule has 1 atom stereocenters. The molecule has 0 aliphatic carbocycles. The molecule has 0 saturated carbocycles. The second-order valence-electron chi connectivity index (χ2n) is 4.33. The zero-order valence-electron chi connectivity index (χ0n) is 10.2. The van der Waals surface area contributed by atoms with Crippen LogP contribution in [0.15, 0.2) is 11.6 Å². The third kappa shape index (κ3) is 3.26. The van der Waals surface area contributed by atoms with Crippen LogP contribution in [0, 0.1) is 0 Å². The molecule has 1 fully saturated rings. The number of likely N-dealkylation sites (tertiary alicyclic amines) is 1. The van der Waals surface area contributed by atoms with Crippen LogP contribution in [0.2, 0.25) is 0 Å². The van der Waals surface area contributed by atoms with Crippen molar-refractivity contribution >= 4 is 17.2 Å². The van der Waals surface area contributed by atoms with E-state index in [0.29, 0.717) is 6.54 Å². The summed E-state index contributed by atoms with van der Waals surface area (Å²) in [5, 5.41) is 6.30. The molecular formula is C12H19N3OS. The number of amides is 1. The van der Waals surface area contributed by atoms with Crippen LogP contribution in [0.4, 0.5) is 0 Å². The topological polar surface area (TPSA) is 45.2 Å². The maximum Gasteiger partial charge on any atom is 0.240 e. The molecule has 2 heterocycles. The molecule has 0 radical (unpaired) electrons. The van der Waals surface area contributed by atoms with Crippen LogP contribution in [0.3, 0.4) is 0 Å². The van der Waals surface area contributed by atoms with Gasteiger partial charge in [0.05, 0.1) is 12.6 Å².